The number of nitrogens with two attached hydrogens (primary N) is 1. The zero-order chi connectivity index (χ0) is 14.0. The molecule has 0 aliphatic rings. The van der Waals surface area contributed by atoms with E-state index in [4.69, 9.17) is 10.5 Å². The van der Waals surface area contributed by atoms with Crippen LogP contribution in [0.4, 0.5) is 11.4 Å². The normalized spacial score (nSPS) is 11.3. The van der Waals surface area contributed by atoms with Crippen molar-refractivity contribution in [2.75, 3.05) is 17.6 Å². The van der Waals surface area contributed by atoms with Gasteiger partial charge in [-0.1, -0.05) is 0 Å². The van der Waals surface area contributed by atoms with Crippen molar-refractivity contribution in [3.8, 4) is 5.75 Å². The van der Waals surface area contributed by atoms with Gasteiger partial charge in [0, 0.05) is 0 Å². The molecule has 0 bridgehead atoms. The van der Waals surface area contributed by atoms with Crippen LogP contribution in [0.2, 0.25) is 0 Å². The minimum atomic E-state index is -3.59. The average molecular weight is 363 g/mol. The van der Waals surface area contributed by atoms with Crippen LogP contribution < -0.4 is 15.2 Å². The lowest BCUT2D eigenvalue weighted by Crippen LogP contribution is -2.11. The van der Waals surface area contributed by atoms with E-state index < -0.39 is 10.0 Å². The molecule has 0 radical (unpaired) electrons. The van der Waals surface area contributed by atoms with Gasteiger partial charge in [-0.25, -0.2) is 8.42 Å². The Morgan fingerprint density at radius 2 is 2.05 bits per heavy atom. The minimum Gasteiger partial charge on any atom is -0.495 e. The molecular formula is C11H11BrN2O3S2. The molecule has 0 unspecified atom stereocenters. The van der Waals surface area contributed by atoms with Crippen molar-refractivity contribution < 1.29 is 13.2 Å². The smallest absolute Gasteiger partial charge is 0.271 e. The summed E-state index contributed by atoms with van der Waals surface area (Å²) >= 11 is 4.37. The van der Waals surface area contributed by atoms with Gasteiger partial charge in [0.1, 0.15) is 9.96 Å². The number of halogens is 1. The summed E-state index contributed by atoms with van der Waals surface area (Å²) in [6.07, 6.45) is 0. The van der Waals surface area contributed by atoms with E-state index in [0.29, 0.717) is 17.1 Å². The van der Waals surface area contributed by atoms with E-state index in [2.05, 4.69) is 20.7 Å². The minimum absolute atomic E-state index is 0.230. The number of methoxy groups -OCH3 is 1. The monoisotopic (exact) mass is 362 g/mol. The SMILES string of the molecule is COc1ccc(NS(=O)(=O)c2ccc(Br)s2)cc1N. The van der Waals surface area contributed by atoms with E-state index >= 15 is 0 Å². The number of benzene rings is 1. The van der Waals surface area contributed by atoms with Gasteiger partial charge in [0.15, 0.2) is 0 Å². The van der Waals surface area contributed by atoms with Gasteiger partial charge in [-0.2, -0.15) is 0 Å². The second-order valence-electron chi connectivity index (χ2n) is 3.62. The molecule has 19 heavy (non-hydrogen) atoms. The molecule has 0 saturated heterocycles. The summed E-state index contributed by atoms with van der Waals surface area (Å²) in [5.41, 5.74) is 6.49. The van der Waals surface area contributed by atoms with Crippen LogP contribution in [0.5, 0.6) is 5.75 Å². The van der Waals surface area contributed by atoms with Gasteiger partial charge in [-0.3, -0.25) is 4.72 Å². The van der Waals surface area contributed by atoms with Crippen LogP contribution in [0.1, 0.15) is 0 Å². The van der Waals surface area contributed by atoms with Gasteiger partial charge in [0.2, 0.25) is 0 Å². The number of nitrogens with one attached hydrogen (secondary N) is 1. The summed E-state index contributed by atoms with van der Waals surface area (Å²) in [6, 6.07) is 7.93. The summed E-state index contributed by atoms with van der Waals surface area (Å²) < 4.78 is 32.6. The van der Waals surface area contributed by atoms with E-state index in [-0.39, 0.29) is 4.21 Å². The summed E-state index contributed by atoms with van der Waals surface area (Å²) in [7, 11) is -2.09. The van der Waals surface area contributed by atoms with Gasteiger partial charge in [0.25, 0.3) is 10.0 Å². The zero-order valence-corrected chi connectivity index (χ0v) is 13.1. The fraction of sp³-hybridized carbons (Fsp3) is 0.0909. The molecule has 0 amide bonds. The number of rotatable bonds is 4. The van der Waals surface area contributed by atoms with Crippen LogP contribution >= 0.6 is 27.3 Å². The quantitative estimate of drug-likeness (QED) is 0.819. The highest BCUT2D eigenvalue weighted by Gasteiger charge is 2.17. The Morgan fingerprint density at radius 1 is 1.32 bits per heavy atom. The van der Waals surface area contributed by atoms with Crippen molar-refractivity contribution in [3.05, 3.63) is 34.1 Å². The van der Waals surface area contributed by atoms with Gasteiger partial charge < -0.3 is 10.5 Å². The molecule has 0 atom stereocenters. The lowest BCUT2D eigenvalue weighted by Gasteiger charge is -2.09. The predicted octanol–water partition coefficient (Wildman–Crippen LogP) is 2.90. The van der Waals surface area contributed by atoms with Gasteiger partial charge in [-0.05, 0) is 46.3 Å². The van der Waals surface area contributed by atoms with Crippen molar-refractivity contribution >= 4 is 48.7 Å². The van der Waals surface area contributed by atoms with Crippen LogP contribution in [0, 0.1) is 0 Å². The van der Waals surface area contributed by atoms with Crippen LogP contribution in [0.15, 0.2) is 38.3 Å². The van der Waals surface area contributed by atoms with Crippen molar-refractivity contribution in [1.29, 1.82) is 0 Å². The number of ether oxygens (including phenoxy) is 1. The maximum Gasteiger partial charge on any atom is 0.271 e. The molecule has 0 aliphatic heterocycles. The molecule has 1 aromatic carbocycles. The van der Waals surface area contributed by atoms with E-state index in [0.717, 1.165) is 15.1 Å². The summed E-state index contributed by atoms with van der Waals surface area (Å²) in [5.74, 6) is 0.502. The first-order valence-electron chi connectivity index (χ1n) is 5.14. The lowest BCUT2D eigenvalue weighted by atomic mass is 10.2. The maximum atomic E-state index is 12.1. The highest BCUT2D eigenvalue weighted by Crippen LogP contribution is 2.29. The maximum absolute atomic E-state index is 12.1. The number of hydrogen-bond donors (Lipinski definition) is 2. The standard InChI is InChI=1S/C11H11BrN2O3S2/c1-17-9-3-2-7(6-8(9)13)14-19(15,16)11-5-4-10(12)18-11/h2-6,14H,13H2,1H3. The molecule has 0 aliphatic carbocycles. The average Bonchev–Trinajstić information content (AvgIpc) is 2.76. The van der Waals surface area contributed by atoms with Crippen molar-refractivity contribution in [3.63, 3.8) is 0 Å². The molecule has 8 heteroatoms. The number of anilines is 2. The van der Waals surface area contributed by atoms with E-state index in [1.807, 2.05) is 0 Å². The van der Waals surface area contributed by atoms with Crippen LogP contribution in [-0.4, -0.2) is 15.5 Å². The second kappa shape index (κ2) is 5.40. The Morgan fingerprint density at radius 3 is 2.58 bits per heavy atom. The molecular weight excluding hydrogens is 352 g/mol. The van der Waals surface area contributed by atoms with E-state index in [1.165, 1.54) is 19.2 Å². The Balaban J connectivity index is 2.28. The number of hydrogen-bond acceptors (Lipinski definition) is 5. The van der Waals surface area contributed by atoms with Crippen molar-refractivity contribution in [2.45, 2.75) is 4.21 Å². The Hall–Kier alpha value is -1.25. The first-order chi connectivity index (χ1) is 8.92. The number of nitrogen functional groups attached to an aromatic ring is 1. The highest BCUT2D eigenvalue weighted by atomic mass is 79.9. The van der Waals surface area contributed by atoms with Crippen LogP contribution in [-0.2, 0) is 10.0 Å². The molecule has 2 aromatic rings. The zero-order valence-electron chi connectivity index (χ0n) is 9.88. The molecule has 0 fully saturated rings. The Kier molecular flexibility index (Phi) is 4.02. The topological polar surface area (TPSA) is 81.4 Å². The van der Waals surface area contributed by atoms with E-state index in [1.54, 1.807) is 18.2 Å². The van der Waals surface area contributed by atoms with E-state index in [9.17, 15) is 8.42 Å². The second-order valence-corrected chi connectivity index (χ2v) is 7.99. The Bertz CT molecular complexity index is 698. The number of thiophene rings is 1. The fourth-order valence-corrected chi connectivity index (χ4v) is 4.50. The van der Waals surface area contributed by atoms with Crippen molar-refractivity contribution in [2.24, 2.45) is 0 Å². The molecule has 102 valence electrons. The third kappa shape index (κ3) is 3.20. The molecule has 3 N–H and O–H groups in total. The van der Waals surface area contributed by atoms with Gasteiger partial charge >= 0.3 is 0 Å². The molecule has 1 heterocycles. The molecule has 2 rings (SSSR count). The van der Waals surface area contributed by atoms with Gasteiger partial charge in [0.05, 0.1) is 22.3 Å². The first kappa shape index (κ1) is 14.2. The van der Waals surface area contributed by atoms with Crippen molar-refractivity contribution in [1.82, 2.24) is 0 Å². The molecule has 0 spiro atoms. The highest BCUT2D eigenvalue weighted by molar-refractivity contribution is 9.11. The predicted molar refractivity (Wildman–Crippen MR) is 80.2 cm³/mol. The fourth-order valence-electron chi connectivity index (χ4n) is 1.45. The third-order valence-corrected chi connectivity index (χ3v) is 5.79. The third-order valence-electron chi connectivity index (χ3n) is 2.30. The first-order valence-corrected chi connectivity index (χ1v) is 8.23. The van der Waals surface area contributed by atoms with Crippen LogP contribution in [0.3, 0.4) is 0 Å². The molecule has 1 aromatic heterocycles. The lowest BCUT2D eigenvalue weighted by molar-refractivity contribution is 0.417. The van der Waals surface area contributed by atoms with Gasteiger partial charge in [-0.15, -0.1) is 11.3 Å². The van der Waals surface area contributed by atoms with Crippen LogP contribution in [0.25, 0.3) is 0 Å². The molecule has 5 nitrogen and oxygen atoms in total. The largest absolute Gasteiger partial charge is 0.495 e. The Labute approximate surface area is 123 Å². The summed E-state index contributed by atoms with van der Waals surface area (Å²) in [6.45, 7) is 0. The molecule has 0 saturated carbocycles. The summed E-state index contributed by atoms with van der Waals surface area (Å²) in [5, 5.41) is 0. The number of sulfonamides is 1. The summed E-state index contributed by atoms with van der Waals surface area (Å²) in [4.78, 5) is 0.